The molecule has 0 aliphatic rings. The van der Waals surface area contributed by atoms with Crippen LogP contribution in [0.2, 0.25) is 0 Å². The van der Waals surface area contributed by atoms with E-state index in [2.05, 4.69) is 9.97 Å². The Hall–Kier alpha value is -1.05. The van der Waals surface area contributed by atoms with Crippen molar-refractivity contribution in [3.63, 3.8) is 0 Å². The van der Waals surface area contributed by atoms with Gasteiger partial charge < -0.3 is 0 Å². The van der Waals surface area contributed by atoms with Crippen LogP contribution in [0.5, 0.6) is 0 Å². The molecule has 2 aromatic heterocycles. The number of nitrogens with zero attached hydrogens (tertiary/aromatic N) is 2. The molecule has 67 valence electrons. The van der Waals surface area contributed by atoms with Gasteiger partial charge in [0.1, 0.15) is 0 Å². The Bertz CT molecular complexity index is 188. The van der Waals surface area contributed by atoms with Gasteiger partial charge in [-0.1, -0.05) is 12.1 Å². The van der Waals surface area contributed by atoms with Gasteiger partial charge in [-0.05, 0) is 24.3 Å². The van der Waals surface area contributed by atoms with Crippen LogP contribution in [0.3, 0.4) is 0 Å². The van der Waals surface area contributed by atoms with Gasteiger partial charge in [0.15, 0.2) is 0 Å². The van der Waals surface area contributed by atoms with Crippen molar-refractivity contribution in [1.82, 2.24) is 9.97 Å². The molecular formula is C10H10N2Tc. The van der Waals surface area contributed by atoms with Gasteiger partial charge in [-0.25, -0.2) is 0 Å². The number of hydrogen-bond donors (Lipinski definition) is 0. The monoisotopic (exact) mass is 255 g/mol. The molecule has 2 aromatic rings. The molecule has 0 aliphatic carbocycles. The number of pyridine rings is 2. The smallest absolute Gasteiger partial charge is 0.0267 e. The van der Waals surface area contributed by atoms with Gasteiger partial charge >= 0.3 is 0 Å². The first kappa shape index (κ1) is 11.9. The minimum atomic E-state index is 0. The van der Waals surface area contributed by atoms with Crippen LogP contribution in [0, 0.1) is 0 Å². The van der Waals surface area contributed by atoms with E-state index in [0.29, 0.717) is 0 Å². The molecule has 0 saturated heterocycles. The molecule has 1 radical (unpaired) electrons. The van der Waals surface area contributed by atoms with E-state index in [1.54, 1.807) is 24.8 Å². The first-order valence-corrected chi connectivity index (χ1v) is 3.70. The van der Waals surface area contributed by atoms with E-state index in [-0.39, 0.29) is 20.1 Å². The first-order valence-electron chi connectivity index (χ1n) is 3.70. The zero-order chi connectivity index (χ0) is 8.49. The van der Waals surface area contributed by atoms with E-state index < -0.39 is 0 Å². The van der Waals surface area contributed by atoms with Crippen molar-refractivity contribution in [3.8, 4) is 0 Å². The minimum Gasteiger partial charge on any atom is -0.265 e. The predicted molar refractivity (Wildman–Crippen MR) is 48.5 cm³/mol. The Kier molecular flexibility index (Phi) is 8.31. The molecule has 0 spiro atoms. The van der Waals surface area contributed by atoms with Crippen LogP contribution >= 0.6 is 0 Å². The van der Waals surface area contributed by atoms with Crippen molar-refractivity contribution in [2.75, 3.05) is 0 Å². The summed E-state index contributed by atoms with van der Waals surface area (Å²) in [5, 5.41) is 0. The fraction of sp³-hybridized carbons (Fsp3) is 0. The zero-order valence-electron chi connectivity index (χ0n) is 7.05. The largest absolute Gasteiger partial charge is 0.265 e. The molecule has 0 unspecified atom stereocenters. The number of rotatable bonds is 0. The molecule has 13 heavy (non-hydrogen) atoms. The Balaban J connectivity index is 0.000000206. The van der Waals surface area contributed by atoms with Crippen LogP contribution in [-0.4, -0.2) is 9.97 Å². The van der Waals surface area contributed by atoms with Crippen LogP contribution in [-0.2, 0) is 20.1 Å². The summed E-state index contributed by atoms with van der Waals surface area (Å²) in [6.45, 7) is 0. The second kappa shape index (κ2) is 9.04. The Morgan fingerprint density at radius 3 is 0.846 bits per heavy atom. The van der Waals surface area contributed by atoms with E-state index >= 15 is 0 Å². The molecular weight excluding hydrogens is 246 g/mol. The summed E-state index contributed by atoms with van der Waals surface area (Å²) in [7, 11) is 0. The molecule has 2 heterocycles. The Morgan fingerprint density at radius 1 is 0.462 bits per heavy atom. The van der Waals surface area contributed by atoms with Gasteiger partial charge in [0.2, 0.25) is 0 Å². The maximum absolute atomic E-state index is 3.78. The summed E-state index contributed by atoms with van der Waals surface area (Å²) in [5.41, 5.74) is 0. The SMILES string of the molecule is [Tc].c1ccncc1.c1ccncc1. The van der Waals surface area contributed by atoms with Crippen LogP contribution in [0.15, 0.2) is 61.2 Å². The molecule has 0 atom stereocenters. The first-order chi connectivity index (χ1) is 6.00. The van der Waals surface area contributed by atoms with Gasteiger partial charge in [-0.15, -0.1) is 0 Å². The number of aromatic nitrogens is 2. The topological polar surface area (TPSA) is 25.8 Å². The van der Waals surface area contributed by atoms with Crippen LogP contribution < -0.4 is 0 Å². The summed E-state index contributed by atoms with van der Waals surface area (Å²) in [5.74, 6) is 0. The van der Waals surface area contributed by atoms with Crippen molar-refractivity contribution >= 4 is 0 Å². The summed E-state index contributed by atoms with van der Waals surface area (Å²) >= 11 is 0. The van der Waals surface area contributed by atoms with E-state index in [4.69, 9.17) is 0 Å². The molecule has 0 amide bonds. The van der Waals surface area contributed by atoms with Crippen molar-refractivity contribution in [3.05, 3.63) is 61.2 Å². The quantitative estimate of drug-likeness (QED) is 0.722. The molecule has 0 fully saturated rings. The van der Waals surface area contributed by atoms with E-state index in [0.717, 1.165) is 0 Å². The van der Waals surface area contributed by atoms with Gasteiger partial charge in [-0.2, -0.15) is 0 Å². The third-order valence-electron chi connectivity index (χ3n) is 1.13. The van der Waals surface area contributed by atoms with Crippen molar-refractivity contribution < 1.29 is 20.1 Å². The molecule has 0 aromatic carbocycles. The zero-order valence-corrected chi connectivity index (χ0v) is 8.90. The third-order valence-corrected chi connectivity index (χ3v) is 1.13. The minimum absolute atomic E-state index is 0. The molecule has 0 aliphatic heterocycles. The van der Waals surface area contributed by atoms with Crippen LogP contribution in [0.25, 0.3) is 0 Å². The van der Waals surface area contributed by atoms with Crippen LogP contribution in [0.4, 0.5) is 0 Å². The standard InChI is InChI=1S/2C5H5N.Tc/c2*1-2-4-6-5-3-1;/h2*1-5H;. The summed E-state index contributed by atoms with van der Waals surface area (Å²) in [6.07, 6.45) is 7.00. The van der Waals surface area contributed by atoms with Crippen LogP contribution in [0.1, 0.15) is 0 Å². The summed E-state index contributed by atoms with van der Waals surface area (Å²) in [6, 6.07) is 11.4. The van der Waals surface area contributed by atoms with Gasteiger partial charge in [-0.3, -0.25) is 9.97 Å². The van der Waals surface area contributed by atoms with Gasteiger partial charge in [0.25, 0.3) is 0 Å². The fourth-order valence-corrected chi connectivity index (χ4v) is 0.625. The molecule has 0 saturated carbocycles. The maximum atomic E-state index is 3.78. The van der Waals surface area contributed by atoms with Crippen molar-refractivity contribution in [2.24, 2.45) is 0 Å². The van der Waals surface area contributed by atoms with Gasteiger partial charge in [0, 0.05) is 44.9 Å². The summed E-state index contributed by atoms with van der Waals surface area (Å²) < 4.78 is 0. The second-order valence-corrected chi connectivity index (χ2v) is 2.05. The number of hydrogen-bond acceptors (Lipinski definition) is 2. The van der Waals surface area contributed by atoms with Crippen molar-refractivity contribution in [1.29, 1.82) is 0 Å². The van der Waals surface area contributed by atoms with E-state index in [1.807, 2.05) is 36.4 Å². The maximum Gasteiger partial charge on any atom is 0.0267 e. The molecule has 3 heteroatoms. The molecule has 2 nitrogen and oxygen atoms in total. The van der Waals surface area contributed by atoms with E-state index in [1.165, 1.54) is 0 Å². The average molecular weight is 256 g/mol. The molecule has 0 bridgehead atoms. The second-order valence-electron chi connectivity index (χ2n) is 2.05. The van der Waals surface area contributed by atoms with Crippen molar-refractivity contribution in [2.45, 2.75) is 0 Å². The Morgan fingerprint density at radius 2 is 0.769 bits per heavy atom. The molecule has 0 N–H and O–H groups in total. The summed E-state index contributed by atoms with van der Waals surface area (Å²) in [4.78, 5) is 7.57. The fourth-order valence-electron chi connectivity index (χ4n) is 0.625. The normalized spacial score (nSPS) is 7.38. The predicted octanol–water partition coefficient (Wildman–Crippen LogP) is 2.16. The Labute approximate surface area is 91.4 Å². The molecule has 2 rings (SSSR count). The van der Waals surface area contributed by atoms with Gasteiger partial charge in [0.05, 0.1) is 0 Å². The average Bonchev–Trinajstić information content (AvgIpc) is 2.24. The third kappa shape index (κ3) is 7.31. The van der Waals surface area contributed by atoms with E-state index in [9.17, 15) is 0 Å².